The van der Waals surface area contributed by atoms with E-state index in [1.165, 1.54) is 6.07 Å². The molecule has 168 valence electrons. The number of hydrogen-bond acceptors (Lipinski definition) is 8. The molecule has 0 aromatic heterocycles. The van der Waals surface area contributed by atoms with Gasteiger partial charge in [-0.3, -0.25) is 14.5 Å². The van der Waals surface area contributed by atoms with Crippen LogP contribution in [0.2, 0.25) is 0 Å². The Labute approximate surface area is 183 Å². The van der Waals surface area contributed by atoms with E-state index >= 15 is 0 Å². The number of allylic oxidation sites excluding steroid dienone is 2. The normalized spacial score (nSPS) is 28.4. The summed E-state index contributed by atoms with van der Waals surface area (Å²) in [6.07, 6.45) is 0.798. The summed E-state index contributed by atoms with van der Waals surface area (Å²) < 4.78 is 5.40. The summed E-state index contributed by atoms with van der Waals surface area (Å²) in [5, 5.41) is 43.3. The van der Waals surface area contributed by atoms with Crippen molar-refractivity contribution >= 4 is 17.4 Å². The van der Waals surface area contributed by atoms with Gasteiger partial charge in [0.2, 0.25) is 0 Å². The van der Waals surface area contributed by atoms with Gasteiger partial charge < -0.3 is 30.9 Å². The highest BCUT2D eigenvalue weighted by atomic mass is 16.5. The molecule has 0 radical (unpaired) electrons. The van der Waals surface area contributed by atoms with Crippen molar-refractivity contribution in [3.8, 4) is 5.75 Å². The molecule has 1 amide bonds. The average Bonchev–Trinajstić information content (AvgIpc) is 2.74. The van der Waals surface area contributed by atoms with E-state index in [-0.39, 0.29) is 39.9 Å². The van der Waals surface area contributed by atoms with Crippen molar-refractivity contribution in [2.45, 2.75) is 18.9 Å². The molecule has 3 aliphatic carbocycles. The lowest BCUT2D eigenvalue weighted by Crippen LogP contribution is -2.56. The molecule has 5 rings (SSSR count). The molecule has 0 bridgehead atoms. The summed E-state index contributed by atoms with van der Waals surface area (Å²) in [6, 6.07) is 4.14. The first kappa shape index (κ1) is 20.6. The van der Waals surface area contributed by atoms with Crippen LogP contribution in [-0.2, 0) is 20.7 Å². The molecule has 32 heavy (non-hydrogen) atoms. The summed E-state index contributed by atoms with van der Waals surface area (Å²) in [6.45, 7) is 1.77. The maximum atomic E-state index is 13.3. The number of carbonyl (C=O) groups excluding carboxylic acids is 2. The molecular formula is C23H24N2O7. The predicted molar refractivity (Wildman–Crippen MR) is 113 cm³/mol. The third kappa shape index (κ3) is 2.85. The molecule has 4 aliphatic rings. The van der Waals surface area contributed by atoms with Crippen LogP contribution in [-0.4, -0.2) is 69.4 Å². The average molecular weight is 440 g/mol. The zero-order chi connectivity index (χ0) is 22.7. The zero-order valence-electron chi connectivity index (χ0n) is 17.2. The molecule has 9 nitrogen and oxygen atoms in total. The van der Waals surface area contributed by atoms with Gasteiger partial charge in [0.25, 0.3) is 5.91 Å². The second-order valence-electron chi connectivity index (χ2n) is 8.62. The Morgan fingerprint density at radius 2 is 1.75 bits per heavy atom. The van der Waals surface area contributed by atoms with Crippen LogP contribution in [0.3, 0.4) is 0 Å². The number of Topliss-reactive ketones (excluding diaryl/α,β-unsaturated/α-hetero) is 1. The molecule has 1 heterocycles. The van der Waals surface area contributed by atoms with Crippen molar-refractivity contribution in [2.75, 3.05) is 26.3 Å². The number of hydrogen-bond donors (Lipinski definition) is 5. The van der Waals surface area contributed by atoms with Gasteiger partial charge in [0.15, 0.2) is 5.78 Å². The van der Waals surface area contributed by atoms with E-state index in [1.807, 2.05) is 4.90 Å². The van der Waals surface area contributed by atoms with Gasteiger partial charge in [0, 0.05) is 30.2 Å². The van der Waals surface area contributed by atoms with Gasteiger partial charge in [0.1, 0.15) is 28.6 Å². The number of aliphatic hydroxyl groups is 3. The van der Waals surface area contributed by atoms with Crippen LogP contribution in [0.25, 0.3) is 5.76 Å². The number of carbonyl (C=O) groups is 2. The second-order valence-corrected chi connectivity index (χ2v) is 8.62. The molecule has 1 saturated heterocycles. The molecule has 0 unspecified atom stereocenters. The smallest absolute Gasteiger partial charge is 0.256 e. The van der Waals surface area contributed by atoms with Crippen molar-refractivity contribution in [3.05, 3.63) is 57.6 Å². The highest BCUT2D eigenvalue weighted by molar-refractivity contribution is 6.22. The number of ether oxygens (including phenoxy) is 1. The zero-order valence-corrected chi connectivity index (χ0v) is 17.2. The Kier molecular flexibility index (Phi) is 4.75. The van der Waals surface area contributed by atoms with Gasteiger partial charge in [-0.05, 0) is 30.4 Å². The van der Waals surface area contributed by atoms with E-state index in [0.717, 1.165) is 5.56 Å². The van der Waals surface area contributed by atoms with Crippen LogP contribution in [0, 0.1) is 11.8 Å². The Bertz CT molecular complexity index is 1130. The van der Waals surface area contributed by atoms with Gasteiger partial charge in [-0.2, -0.15) is 0 Å². The summed E-state index contributed by atoms with van der Waals surface area (Å²) in [5.74, 6) is -3.97. The summed E-state index contributed by atoms with van der Waals surface area (Å²) >= 11 is 0. The van der Waals surface area contributed by atoms with Crippen LogP contribution in [0.5, 0.6) is 5.75 Å². The van der Waals surface area contributed by atoms with Crippen LogP contribution in [0.15, 0.2) is 46.4 Å². The number of phenols is 1. The molecular weight excluding hydrogens is 416 g/mol. The number of nitrogens with two attached hydrogens (primary N) is 1. The van der Waals surface area contributed by atoms with Gasteiger partial charge in [-0.15, -0.1) is 0 Å². The van der Waals surface area contributed by atoms with E-state index < -0.39 is 35.0 Å². The molecule has 1 aromatic carbocycles. The number of amides is 1. The monoisotopic (exact) mass is 440 g/mol. The van der Waals surface area contributed by atoms with E-state index in [1.54, 1.807) is 12.1 Å². The van der Waals surface area contributed by atoms with Crippen LogP contribution in [0.4, 0.5) is 0 Å². The van der Waals surface area contributed by atoms with Crippen LogP contribution < -0.4 is 5.73 Å². The lowest BCUT2D eigenvalue weighted by Gasteiger charge is -2.45. The number of morpholine rings is 1. The van der Waals surface area contributed by atoms with Crippen molar-refractivity contribution in [1.29, 1.82) is 0 Å². The summed E-state index contributed by atoms with van der Waals surface area (Å²) in [4.78, 5) is 27.3. The quantitative estimate of drug-likeness (QED) is 0.431. The number of benzene rings is 1. The maximum absolute atomic E-state index is 13.3. The van der Waals surface area contributed by atoms with E-state index in [4.69, 9.17) is 10.5 Å². The fraction of sp³-hybridized carbons (Fsp3) is 0.391. The first-order chi connectivity index (χ1) is 15.3. The first-order valence-corrected chi connectivity index (χ1v) is 10.6. The molecule has 1 aromatic rings. The Hall–Kier alpha value is -3.30. The molecule has 1 fully saturated rings. The molecule has 6 N–H and O–H groups in total. The number of nitrogens with zero attached hydrogens (tertiary/aromatic N) is 1. The van der Waals surface area contributed by atoms with Crippen LogP contribution in [0.1, 0.15) is 17.5 Å². The van der Waals surface area contributed by atoms with Crippen molar-refractivity contribution in [1.82, 2.24) is 4.90 Å². The number of aromatic hydroxyl groups is 1. The van der Waals surface area contributed by atoms with E-state index in [0.29, 0.717) is 39.1 Å². The third-order valence-electron chi connectivity index (χ3n) is 6.99. The minimum Gasteiger partial charge on any atom is -0.507 e. The minimum atomic E-state index is -1.07. The van der Waals surface area contributed by atoms with Gasteiger partial charge in [0.05, 0.1) is 24.8 Å². The third-order valence-corrected chi connectivity index (χ3v) is 6.99. The Balaban J connectivity index is 1.73. The summed E-state index contributed by atoms with van der Waals surface area (Å²) in [5.41, 5.74) is 6.08. The van der Waals surface area contributed by atoms with Gasteiger partial charge in [-0.25, -0.2) is 0 Å². The number of phenolic OH excluding ortho intramolecular Hbond substituents is 1. The van der Waals surface area contributed by atoms with E-state index in [2.05, 4.69) is 0 Å². The Morgan fingerprint density at radius 3 is 2.44 bits per heavy atom. The highest BCUT2D eigenvalue weighted by Gasteiger charge is 2.51. The lowest BCUT2D eigenvalue weighted by molar-refractivity contribution is -0.128. The topological polar surface area (TPSA) is 154 Å². The highest BCUT2D eigenvalue weighted by Crippen LogP contribution is 2.51. The van der Waals surface area contributed by atoms with Crippen molar-refractivity contribution < 1.29 is 34.8 Å². The predicted octanol–water partition coefficient (Wildman–Crippen LogP) is 1.25. The largest absolute Gasteiger partial charge is 0.507 e. The van der Waals surface area contributed by atoms with Crippen molar-refractivity contribution in [2.24, 2.45) is 17.6 Å². The molecule has 0 saturated carbocycles. The molecule has 1 aliphatic heterocycles. The Morgan fingerprint density at radius 1 is 1.03 bits per heavy atom. The number of aliphatic hydroxyl groups excluding tert-OH is 3. The first-order valence-electron chi connectivity index (χ1n) is 10.6. The SMILES string of the molecule is NC(=O)C1=C(O)C2=C(O)C3=C(O)c4c(O)cccc4C[C@H]3C[C@H]2[C@@H](N2CCOCC2)C1=O. The van der Waals surface area contributed by atoms with Gasteiger partial charge in [-0.1, -0.05) is 12.1 Å². The lowest BCUT2D eigenvalue weighted by atomic mass is 9.64. The number of ketones is 1. The number of rotatable bonds is 2. The van der Waals surface area contributed by atoms with Crippen molar-refractivity contribution in [3.63, 3.8) is 0 Å². The minimum absolute atomic E-state index is 0.0339. The number of fused-ring (bicyclic) bond motifs is 3. The molecule has 9 heteroatoms. The molecule has 3 atom stereocenters. The standard InChI is InChI=1S/C23H24N2O7/c24-23(31)17-21(29)16-12(18(22(17)30)25-4-6-32-7-5-25)9-11-8-10-2-1-3-13(26)14(10)19(27)15(11)20(16)28/h1-3,11-12,18,26-29H,4-9H2,(H2,24,31)/t11-,12+,18+/m0/s1. The molecule has 0 spiro atoms. The fourth-order valence-corrected chi connectivity index (χ4v) is 5.65. The van der Waals surface area contributed by atoms with E-state index in [9.17, 15) is 30.0 Å². The maximum Gasteiger partial charge on any atom is 0.256 e. The number of primary amides is 1. The van der Waals surface area contributed by atoms with Crippen LogP contribution >= 0.6 is 0 Å². The summed E-state index contributed by atoms with van der Waals surface area (Å²) in [7, 11) is 0. The fourth-order valence-electron chi connectivity index (χ4n) is 5.65. The second kappa shape index (κ2) is 7.39. The van der Waals surface area contributed by atoms with Gasteiger partial charge >= 0.3 is 0 Å².